The van der Waals surface area contributed by atoms with E-state index in [9.17, 15) is 9.90 Å². The fourth-order valence-corrected chi connectivity index (χ4v) is 5.39. The highest BCUT2D eigenvalue weighted by Crippen LogP contribution is 2.36. The first kappa shape index (κ1) is 34.3. The van der Waals surface area contributed by atoms with E-state index in [-0.39, 0.29) is 17.1 Å². The predicted molar refractivity (Wildman–Crippen MR) is 178 cm³/mol. The average Bonchev–Trinajstić information content (AvgIpc) is 3.41. The highest BCUT2D eigenvalue weighted by molar-refractivity contribution is 5.74. The van der Waals surface area contributed by atoms with E-state index in [0.29, 0.717) is 18.7 Å². The number of hydrogen-bond acceptors (Lipinski definition) is 5. The van der Waals surface area contributed by atoms with Crippen LogP contribution in [0.2, 0.25) is 0 Å². The van der Waals surface area contributed by atoms with Gasteiger partial charge in [-0.2, -0.15) is 0 Å². The zero-order valence-corrected chi connectivity index (χ0v) is 27.2. The van der Waals surface area contributed by atoms with Crippen LogP contribution in [-0.4, -0.2) is 32.7 Å². The Labute approximate surface area is 259 Å². The van der Waals surface area contributed by atoms with Gasteiger partial charge in [0, 0.05) is 12.0 Å². The van der Waals surface area contributed by atoms with Crippen LogP contribution in [0.25, 0.3) is 16.7 Å². The summed E-state index contributed by atoms with van der Waals surface area (Å²) in [5.74, 6) is 0.0924. The lowest BCUT2D eigenvalue weighted by atomic mass is 9.84. The van der Waals surface area contributed by atoms with Crippen LogP contribution in [0.15, 0.2) is 48.6 Å². The van der Waals surface area contributed by atoms with Crippen molar-refractivity contribution < 1.29 is 14.6 Å². The van der Waals surface area contributed by atoms with Gasteiger partial charge in [-0.1, -0.05) is 109 Å². The van der Waals surface area contributed by atoms with Crippen LogP contribution in [0, 0.1) is 0 Å². The summed E-state index contributed by atoms with van der Waals surface area (Å²) < 4.78 is 5.53. The SMILES string of the molecule is CCCCCCCC/C=C\CCCCCCCC(=O)OCCCc1cc(-n2nc3ccccc3n2)c(O)c(C(C)(C)C)c1. The van der Waals surface area contributed by atoms with Gasteiger partial charge in [0.25, 0.3) is 0 Å². The van der Waals surface area contributed by atoms with Gasteiger partial charge in [0.1, 0.15) is 22.5 Å². The number of carbonyl (C=O) groups excluding carboxylic acids is 1. The van der Waals surface area contributed by atoms with Gasteiger partial charge in [0.2, 0.25) is 0 Å². The standard InChI is InChI=1S/C37H55N3O3/c1-5-6-7-8-9-10-11-12-13-14-15-16-17-18-19-26-35(41)43-27-22-23-30-28-31(37(2,3)4)36(42)34(29-30)40-38-32-24-20-21-25-33(32)39-40/h12-13,20-21,24-25,28-29,42H,5-11,14-19,22-23,26-27H2,1-4H3/b13-12-. The molecule has 6 heteroatoms. The lowest BCUT2D eigenvalue weighted by molar-refractivity contribution is -0.143. The number of nitrogens with zero attached hydrogens (tertiary/aromatic N) is 3. The number of fused-ring (bicyclic) bond motifs is 1. The molecule has 0 saturated heterocycles. The number of aromatic hydroxyl groups is 1. The fourth-order valence-electron chi connectivity index (χ4n) is 5.39. The molecule has 0 amide bonds. The minimum Gasteiger partial charge on any atom is -0.505 e. The Balaban J connectivity index is 1.32. The van der Waals surface area contributed by atoms with Crippen LogP contribution < -0.4 is 0 Å². The van der Waals surface area contributed by atoms with Crippen LogP contribution in [0.3, 0.4) is 0 Å². The second-order valence-electron chi connectivity index (χ2n) is 12.9. The van der Waals surface area contributed by atoms with Crippen molar-refractivity contribution in [1.29, 1.82) is 0 Å². The molecule has 3 aromatic rings. The monoisotopic (exact) mass is 589 g/mol. The molecule has 3 rings (SSSR count). The van der Waals surface area contributed by atoms with E-state index in [1.54, 1.807) is 0 Å². The number of allylic oxidation sites excluding steroid dienone is 2. The topological polar surface area (TPSA) is 77.2 Å². The van der Waals surface area contributed by atoms with Gasteiger partial charge in [-0.05, 0) is 74.1 Å². The minimum atomic E-state index is -0.252. The number of unbranched alkanes of at least 4 members (excludes halogenated alkanes) is 11. The summed E-state index contributed by atoms with van der Waals surface area (Å²) in [6, 6.07) is 11.7. The molecule has 1 N–H and O–H groups in total. The molecule has 0 aliphatic heterocycles. The maximum absolute atomic E-state index is 12.3. The van der Waals surface area contributed by atoms with E-state index < -0.39 is 0 Å². The molecule has 0 unspecified atom stereocenters. The van der Waals surface area contributed by atoms with Crippen LogP contribution in [0.5, 0.6) is 5.75 Å². The van der Waals surface area contributed by atoms with Gasteiger partial charge in [-0.15, -0.1) is 15.0 Å². The molecule has 1 aromatic heterocycles. The first-order chi connectivity index (χ1) is 20.8. The second-order valence-corrected chi connectivity index (χ2v) is 12.9. The zero-order valence-electron chi connectivity index (χ0n) is 27.2. The highest BCUT2D eigenvalue weighted by atomic mass is 16.5. The summed E-state index contributed by atoms with van der Waals surface area (Å²) >= 11 is 0. The summed E-state index contributed by atoms with van der Waals surface area (Å²) in [6.07, 6.45) is 22.8. The van der Waals surface area contributed by atoms with Crippen molar-refractivity contribution in [2.75, 3.05) is 6.61 Å². The van der Waals surface area contributed by atoms with Gasteiger partial charge in [-0.3, -0.25) is 4.79 Å². The number of phenolic OH excluding ortho intramolecular Hbond substituents is 1. The van der Waals surface area contributed by atoms with E-state index in [1.807, 2.05) is 30.3 Å². The highest BCUT2D eigenvalue weighted by Gasteiger charge is 2.23. The Hall–Kier alpha value is -3.15. The first-order valence-corrected chi connectivity index (χ1v) is 16.8. The molecule has 236 valence electrons. The Morgan fingerprint density at radius 2 is 1.42 bits per heavy atom. The van der Waals surface area contributed by atoms with Crippen molar-refractivity contribution in [2.45, 2.75) is 136 Å². The summed E-state index contributed by atoms with van der Waals surface area (Å²) in [7, 11) is 0. The zero-order chi connectivity index (χ0) is 30.9. The summed E-state index contributed by atoms with van der Waals surface area (Å²) in [5, 5.41) is 20.3. The van der Waals surface area contributed by atoms with Gasteiger partial charge in [0.05, 0.1) is 6.61 Å². The number of hydrogen-bond donors (Lipinski definition) is 1. The van der Waals surface area contributed by atoms with Gasteiger partial charge in [0.15, 0.2) is 0 Å². The van der Waals surface area contributed by atoms with Crippen LogP contribution >= 0.6 is 0 Å². The van der Waals surface area contributed by atoms with Gasteiger partial charge >= 0.3 is 5.97 Å². The molecule has 0 saturated carbocycles. The molecule has 0 radical (unpaired) electrons. The molecule has 2 aromatic carbocycles. The number of rotatable bonds is 20. The molecule has 1 heterocycles. The lowest BCUT2D eigenvalue weighted by Gasteiger charge is -2.23. The van der Waals surface area contributed by atoms with E-state index in [1.165, 1.54) is 75.4 Å². The number of phenols is 1. The van der Waals surface area contributed by atoms with Crippen LogP contribution in [0.4, 0.5) is 0 Å². The van der Waals surface area contributed by atoms with E-state index in [0.717, 1.165) is 47.8 Å². The second kappa shape index (κ2) is 18.5. The average molecular weight is 590 g/mol. The molecule has 0 bridgehead atoms. The molecule has 0 fully saturated rings. The van der Waals surface area contributed by atoms with Crippen molar-refractivity contribution >= 4 is 17.0 Å². The molecule has 0 spiro atoms. The Bertz CT molecular complexity index is 1240. The van der Waals surface area contributed by atoms with E-state index in [4.69, 9.17) is 4.74 Å². The van der Waals surface area contributed by atoms with E-state index in [2.05, 4.69) is 56.1 Å². The third-order valence-electron chi connectivity index (χ3n) is 7.98. The fraction of sp³-hybridized carbons (Fsp3) is 0.595. The lowest BCUT2D eigenvalue weighted by Crippen LogP contribution is -2.14. The molecule has 0 aliphatic rings. The molecular weight excluding hydrogens is 534 g/mol. The number of esters is 1. The number of aryl methyl sites for hydroxylation is 1. The Morgan fingerprint density at radius 1 is 0.837 bits per heavy atom. The number of aromatic nitrogens is 3. The minimum absolute atomic E-state index is 0.105. The van der Waals surface area contributed by atoms with Crippen molar-refractivity contribution in [2.24, 2.45) is 0 Å². The maximum atomic E-state index is 12.3. The largest absolute Gasteiger partial charge is 0.505 e. The molecule has 0 atom stereocenters. The predicted octanol–water partition coefficient (Wildman–Crippen LogP) is 9.94. The van der Waals surface area contributed by atoms with Crippen molar-refractivity contribution in [3.63, 3.8) is 0 Å². The van der Waals surface area contributed by atoms with Crippen LogP contribution in [0.1, 0.15) is 135 Å². The molecule has 0 aliphatic carbocycles. The Morgan fingerprint density at radius 3 is 2.02 bits per heavy atom. The summed E-state index contributed by atoms with van der Waals surface area (Å²) in [4.78, 5) is 13.8. The third-order valence-corrected chi connectivity index (χ3v) is 7.98. The van der Waals surface area contributed by atoms with Gasteiger partial charge in [-0.25, -0.2) is 0 Å². The van der Waals surface area contributed by atoms with Crippen LogP contribution in [-0.2, 0) is 21.4 Å². The number of ether oxygens (including phenoxy) is 1. The summed E-state index contributed by atoms with van der Waals surface area (Å²) in [5.41, 5.74) is 3.79. The molecule has 6 nitrogen and oxygen atoms in total. The quantitative estimate of drug-likeness (QED) is 0.0806. The van der Waals surface area contributed by atoms with Crippen molar-refractivity contribution in [3.05, 3.63) is 59.7 Å². The molecule has 43 heavy (non-hydrogen) atoms. The third kappa shape index (κ3) is 12.2. The Kier molecular flexibility index (Phi) is 14.8. The molecular formula is C37H55N3O3. The number of benzene rings is 2. The first-order valence-electron chi connectivity index (χ1n) is 16.8. The normalized spacial score (nSPS) is 12.0. The van der Waals surface area contributed by atoms with Crippen molar-refractivity contribution in [3.8, 4) is 11.4 Å². The van der Waals surface area contributed by atoms with E-state index >= 15 is 0 Å². The number of carbonyl (C=O) groups is 1. The smallest absolute Gasteiger partial charge is 0.305 e. The van der Waals surface area contributed by atoms with Crippen molar-refractivity contribution in [1.82, 2.24) is 15.0 Å². The maximum Gasteiger partial charge on any atom is 0.305 e. The van der Waals surface area contributed by atoms with Gasteiger partial charge < -0.3 is 9.84 Å². The summed E-state index contributed by atoms with van der Waals surface area (Å²) in [6.45, 7) is 8.91.